The van der Waals surface area contributed by atoms with Crippen molar-refractivity contribution < 1.29 is 14.6 Å². The maximum absolute atomic E-state index is 12.7. The summed E-state index contributed by atoms with van der Waals surface area (Å²) in [5.41, 5.74) is 3.26. The Bertz CT molecular complexity index is 745. The second kappa shape index (κ2) is 8.34. The zero-order chi connectivity index (χ0) is 18.5. The summed E-state index contributed by atoms with van der Waals surface area (Å²) in [6.07, 6.45) is 0. The number of rotatable bonds is 6. The summed E-state index contributed by atoms with van der Waals surface area (Å²) in [6, 6.07) is 16.2. The van der Waals surface area contributed by atoms with Crippen molar-refractivity contribution in [1.82, 2.24) is 4.90 Å². The maximum atomic E-state index is 12.7. The first-order valence-electron chi connectivity index (χ1n) is 9.00. The number of hydrogen-bond donors (Lipinski definition) is 1. The van der Waals surface area contributed by atoms with E-state index in [0.717, 1.165) is 17.0 Å². The fourth-order valence-corrected chi connectivity index (χ4v) is 3.21. The Morgan fingerprint density at radius 1 is 1.19 bits per heavy atom. The molecule has 2 aromatic carbocycles. The number of aliphatic hydroxyl groups is 1. The lowest BCUT2D eigenvalue weighted by molar-refractivity contribution is -0.122. The second-order valence-electron chi connectivity index (χ2n) is 6.81. The van der Waals surface area contributed by atoms with Crippen molar-refractivity contribution in [3.05, 3.63) is 59.7 Å². The topological polar surface area (TPSA) is 53.0 Å². The third-order valence-corrected chi connectivity index (χ3v) is 4.70. The van der Waals surface area contributed by atoms with Crippen molar-refractivity contribution in [3.8, 4) is 5.75 Å². The first-order valence-corrected chi connectivity index (χ1v) is 9.00. The molecule has 1 fully saturated rings. The van der Waals surface area contributed by atoms with E-state index in [0.29, 0.717) is 19.6 Å². The number of amides is 1. The maximum Gasteiger partial charge on any atom is 0.241 e. The normalized spacial score (nSPS) is 18.2. The van der Waals surface area contributed by atoms with Crippen LogP contribution in [-0.4, -0.2) is 48.3 Å². The minimum absolute atomic E-state index is 0.00324. The van der Waals surface area contributed by atoms with Crippen molar-refractivity contribution in [3.63, 3.8) is 0 Å². The Hall–Kier alpha value is -2.37. The van der Waals surface area contributed by atoms with Crippen LogP contribution in [0.3, 0.4) is 0 Å². The number of piperazine rings is 1. The summed E-state index contributed by atoms with van der Waals surface area (Å²) < 4.78 is 5.47. The Labute approximate surface area is 154 Å². The van der Waals surface area contributed by atoms with Gasteiger partial charge in [0.25, 0.3) is 0 Å². The highest BCUT2D eigenvalue weighted by Gasteiger charge is 2.30. The van der Waals surface area contributed by atoms with Gasteiger partial charge < -0.3 is 14.7 Å². The fourth-order valence-electron chi connectivity index (χ4n) is 3.21. The number of carbonyl (C=O) groups is 1. The minimum atomic E-state index is -0.00324. The number of anilines is 1. The van der Waals surface area contributed by atoms with E-state index in [-0.39, 0.29) is 25.2 Å². The van der Waals surface area contributed by atoms with E-state index in [1.807, 2.05) is 60.4 Å². The monoisotopic (exact) mass is 354 g/mol. The van der Waals surface area contributed by atoms with E-state index in [2.05, 4.69) is 11.8 Å². The number of benzene rings is 2. The van der Waals surface area contributed by atoms with Crippen molar-refractivity contribution in [2.75, 3.05) is 31.2 Å². The molecule has 0 aromatic heterocycles. The van der Waals surface area contributed by atoms with Crippen LogP contribution in [0.2, 0.25) is 0 Å². The van der Waals surface area contributed by atoms with Gasteiger partial charge in [0, 0.05) is 24.8 Å². The van der Waals surface area contributed by atoms with Gasteiger partial charge in [-0.05, 0) is 43.7 Å². The van der Waals surface area contributed by atoms with Gasteiger partial charge in [-0.2, -0.15) is 0 Å². The molecule has 0 radical (unpaired) electrons. The van der Waals surface area contributed by atoms with Crippen LogP contribution >= 0.6 is 0 Å². The number of ether oxygens (including phenoxy) is 1. The summed E-state index contributed by atoms with van der Waals surface area (Å²) in [7, 11) is 0. The first kappa shape index (κ1) is 18.4. The van der Waals surface area contributed by atoms with Gasteiger partial charge in [0.05, 0.1) is 13.2 Å². The van der Waals surface area contributed by atoms with E-state index < -0.39 is 0 Å². The molecule has 0 spiro atoms. The van der Waals surface area contributed by atoms with Crippen molar-refractivity contribution in [2.24, 2.45) is 0 Å². The summed E-state index contributed by atoms with van der Waals surface area (Å²) in [6.45, 7) is 6.26. The van der Waals surface area contributed by atoms with Crippen LogP contribution in [-0.2, 0) is 11.3 Å². The van der Waals surface area contributed by atoms with Gasteiger partial charge in [0.15, 0.2) is 0 Å². The predicted molar refractivity (Wildman–Crippen MR) is 102 cm³/mol. The molecule has 138 valence electrons. The van der Waals surface area contributed by atoms with Gasteiger partial charge in [-0.25, -0.2) is 0 Å². The van der Waals surface area contributed by atoms with E-state index in [1.165, 1.54) is 5.56 Å². The lowest BCUT2D eigenvalue weighted by atomic mass is 10.1. The molecular weight excluding hydrogens is 328 g/mol. The van der Waals surface area contributed by atoms with Gasteiger partial charge in [-0.1, -0.05) is 29.8 Å². The minimum Gasteiger partial charge on any atom is -0.491 e. The number of carbonyl (C=O) groups excluding carboxylic acids is 1. The molecule has 0 saturated carbocycles. The summed E-state index contributed by atoms with van der Waals surface area (Å²) in [4.78, 5) is 16.7. The number of hydrogen-bond acceptors (Lipinski definition) is 4. The molecule has 0 unspecified atom stereocenters. The van der Waals surface area contributed by atoms with E-state index >= 15 is 0 Å². The Balaban J connectivity index is 1.66. The highest BCUT2D eigenvalue weighted by Crippen LogP contribution is 2.23. The molecule has 0 bridgehead atoms. The van der Waals surface area contributed by atoms with Crippen LogP contribution in [0.5, 0.6) is 5.75 Å². The lowest BCUT2D eigenvalue weighted by Gasteiger charge is -2.39. The van der Waals surface area contributed by atoms with Gasteiger partial charge in [-0.15, -0.1) is 0 Å². The van der Waals surface area contributed by atoms with Crippen molar-refractivity contribution in [1.29, 1.82) is 0 Å². The molecular formula is C21H26N2O3. The van der Waals surface area contributed by atoms with Crippen molar-refractivity contribution >= 4 is 11.6 Å². The third kappa shape index (κ3) is 4.42. The predicted octanol–water partition coefficient (Wildman–Crippen LogP) is 2.60. The van der Waals surface area contributed by atoms with E-state index in [1.54, 1.807) is 0 Å². The van der Waals surface area contributed by atoms with Crippen LogP contribution < -0.4 is 9.64 Å². The number of aryl methyl sites for hydroxylation is 1. The Kier molecular flexibility index (Phi) is 5.91. The molecule has 3 rings (SSSR count). The van der Waals surface area contributed by atoms with Gasteiger partial charge in [0.1, 0.15) is 12.4 Å². The first-order chi connectivity index (χ1) is 12.6. The molecule has 1 aliphatic rings. The molecule has 0 aliphatic carbocycles. The molecule has 1 saturated heterocycles. The van der Waals surface area contributed by atoms with E-state index in [4.69, 9.17) is 9.84 Å². The summed E-state index contributed by atoms with van der Waals surface area (Å²) in [5, 5.41) is 8.88. The quantitative estimate of drug-likeness (QED) is 0.866. The average Bonchev–Trinajstić information content (AvgIpc) is 2.64. The van der Waals surface area contributed by atoms with Crippen LogP contribution in [0.1, 0.15) is 18.1 Å². The number of aliphatic hydroxyl groups excluding tert-OH is 1. The smallest absolute Gasteiger partial charge is 0.241 e. The summed E-state index contributed by atoms with van der Waals surface area (Å²) in [5.74, 6) is 0.869. The molecule has 26 heavy (non-hydrogen) atoms. The van der Waals surface area contributed by atoms with Crippen LogP contribution in [0, 0.1) is 6.92 Å². The zero-order valence-corrected chi connectivity index (χ0v) is 15.4. The number of nitrogens with zero attached hydrogens (tertiary/aromatic N) is 2. The highest BCUT2D eigenvalue weighted by atomic mass is 16.5. The molecule has 1 atom stereocenters. The lowest BCUT2D eigenvalue weighted by Crippen LogP contribution is -2.54. The van der Waals surface area contributed by atoms with Crippen LogP contribution in [0.15, 0.2) is 48.5 Å². The Morgan fingerprint density at radius 2 is 1.96 bits per heavy atom. The zero-order valence-electron chi connectivity index (χ0n) is 15.4. The molecule has 1 heterocycles. The molecule has 1 N–H and O–H groups in total. The molecule has 1 aliphatic heterocycles. The van der Waals surface area contributed by atoms with Gasteiger partial charge in [0.2, 0.25) is 5.91 Å². The molecule has 2 aromatic rings. The average molecular weight is 354 g/mol. The Morgan fingerprint density at radius 3 is 2.69 bits per heavy atom. The SMILES string of the molecule is Cc1ccc(N2C[C@H](C)N(Cc3cccc(OCCO)c3)CC2=O)cc1. The summed E-state index contributed by atoms with van der Waals surface area (Å²) >= 11 is 0. The molecule has 5 heteroatoms. The van der Waals surface area contributed by atoms with E-state index in [9.17, 15) is 4.79 Å². The van der Waals surface area contributed by atoms with Gasteiger partial charge >= 0.3 is 0 Å². The fraction of sp³-hybridized carbons (Fsp3) is 0.381. The molecule has 5 nitrogen and oxygen atoms in total. The van der Waals surface area contributed by atoms with Crippen LogP contribution in [0.25, 0.3) is 0 Å². The second-order valence-corrected chi connectivity index (χ2v) is 6.81. The molecule has 1 amide bonds. The highest BCUT2D eigenvalue weighted by molar-refractivity contribution is 5.95. The van der Waals surface area contributed by atoms with Crippen molar-refractivity contribution in [2.45, 2.75) is 26.4 Å². The standard InChI is InChI=1S/C21H26N2O3/c1-16-6-8-19(9-7-16)23-13-17(2)22(15-21(23)25)14-18-4-3-5-20(12-18)26-11-10-24/h3-9,12,17,24H,10-11,13-15H2,1-2H3/t17-/m0/s1. The largest absolute Gasteiger partial charge is 0.491 e. The van der Waals surface area contributed by atoms with Gasteiger partial charge in [-0.3, -0.25) is 9.69 Å². The van der Waals surface area contributed by atoms with Crippen LogP contribution in [0.4, 0.5) is 5.69 Å². The third-order valence-electron chi connectivity index (χ3n) is 4.70.